The molecule has 1 saturated carbocycles. The highest BCUT2D eigenvalue weighted by molar-refractivity contribution is 14.0. The summed E-state index contributed by atoms with van der Waals surface area (Å²) >= 11 is 0. The number of guanidine groups is 1. The first kappa shape index (κ1) is 17.5. The molecule has 1 fully saturated rings. The second-order valence-electron chi connectivity index (χ2n) is 4.85. The lowest BCUT2D eigenvalue weighted by Gasteiger charge is -2.40. The lowest BCUT2D eigenvalue weighted by molar-refractivity contribution is 0.349. The van der Waals surface area contributed by atoms with Crippen molar-refractivity contribution >= 4 is 40.7 Å². The number of hydrogen-bond acceptors (Lipinski definition) is 3. The van der Waals surface area contributed by atoms with Crippen LogP contribution in [0.25, 0.3) is 0 Å². The zero-order valence-corrected chi connectivity index (χ0v) is 15.0. The van der Waals surface area contributed by atoms with Gasteiger partial charge in [0.1, 0.15) is 5.76 Å². The minimum absolute atomic E-state index is 0. The zero-order valence-electron chi connectivity index (χ0n) is 11.8. The largest absolute Gasteiger partial charge is 0.467 e. The van der Waals surface area contributed by atoms with Gasteiger partial charge >= 0.3 is 0 Å². The van der Waals surface area contributed by atoms with Crippen molar-refractivity contribution in [3.05, 3.63) is 24.2 Å². The summed E-state index contributed by atoms with van der Waals surface area (Å²) in [6.45, 7) is 1.29. The van der Waals surface area contributed by atoms with Crippen LogP contribution in [0.5, 0.6) is 0 Å². The predicted octanol–water partition coefficient (Wildman–Crippen LogP) is 1.86. The van der Waals surface area contributed by atoms with Gasteiger partial charge in [-0.3, -0.25) is 9.20 Å². The molecular weight excluding hydrogens is 389 g/mol. The minimum Gasteiger partial charge on any atom is -0.467 e. The Morgan fingerprint density at radius 1 is 1.50 bits per heavy atom. The highest BCUT2D eigenvalue weighted by atomic mass is 127. The van der Waals surface area contributed by atoms with Gasteiger partial charge in [0.2, 0.25) is 0 Å². The lowest BCUT2D eigenvalue weighted by Crippen LogP contribution is -2.52. The van der Waals surface area contributed by atoms with Crippen molar-refractivity contribution in [3.8, 4) is 0 Å². The normalized spacial score (nSPS) is 18.6. The SMILES string of the molecule is CN=C(NCc1ccco1)NCC1(S(C)=O)CCC1.I. The van der Waals surface area contributed by atoms with Crippen LogP contribution in [0, 0.1) is 0 Å². The van der Waals surface area contributed by atoms with E-state index in [4.69, 9.17) is 4.42 Å². The molecule has 0 aromatic carbocycles. The molecule has 1 aromatic heterocycles. The first-order valence-electron chi connectivity index (χ1n) is 6.47. The Morgan fingerprint density at radius 3 is 2.70 bits per heavy atom. The fraction of sp³-hybridized carbons (Fsp3) is 0.615. The average Bonchev–Trinajstić information content (AvgIpc) is 2.84. The second kappa shape index (κ2) is 8.02. The first-order chi connectivity index (χ1) is 9.16. The van der Waals surface area contributed by atoms with Gasteiger partial charge in [-0.15, -0.1) is 24.0 Å². The van der Waals surface area contributed by atoms with E-state index in [0.29, 0.717) is 19.0 Å². The second-order valence-corrected chi connectivity index (χ2v) is 6.62. The summed E-state index contributed by atoms with van der Waals surface area (Å²) in [7, 11) is 0.932. The maximum absolute atomic E-state index is 11.8. The van der Waals surface area contributed by atoms with E-state index in [0.717, 1.165) is 18.6 Å². The van der Waals surface area contributed by atoms with E-state index in [2.05, 4.69) is 15.6 Å². The summed E-state index contributed by atoms with van der Waals surface area (Å²) in [5.74, 6) is 1.58. The molecule has 1 heterocycles. The summed E-state index contributed by atoms with van der Waals surface area (Å²) in [5, 5.41) is 6.44. The molecule has 0 radical (unpaired) electrons. The van der Waals surface area contributed by atoms with Gasteiger partial charge in [0.15, 0.2) is 5.96 Å². The van der Waals surface area contributed by atoms with Crippen LogP contribution in [0.1, 0.15) is 25.0 Å². The molecule has 0 bridgehead atoms. The van der Waals surface area contributed by atoms with Gasteiger partial charge in [-0.05, 0) is 25.0 Å². The van der Waals surface area contributed by atoms with Crippen molar-refractivity contribution in [1.82, 2.24) is 10.6 Å². The van der Waals surface area contributed by atoms with Gasteiger partial charge in [0.25, 0.3) is 0 Å². The topological polar surface area (TPSA) is 66.6 Å². The van der Waals surface area contributed by atoms with E-state index in [1.807, 2.05) is 12.1 Å². The van der Waals surface area contributed by atoms with Gasteiger partial charge in [0, 0.05) is 30.6 Å². The van der Waals surface area contributed by atoms with E-state index < -0.39 is 10.8 Å². The van der Waals surface area contributed by atoms with Crippen molar-refractivity contribution in [2.45, 2.75) is 30.6 Å². The van der Waals surface area contributed by atoms with Crippen molar-refractivity contribution < 1.29 is 8.63 Å². The van der Waals surface area contributed by atoms with Crippen LogP contribution in [0.2, 0.25) is 0 Å². The van der Waals surface area contributed by atoms with Gasteiger partial charge in [-0.25, -0.2) is 0 Å². The van der Waals surface area contributed by atoms with E-state index in [-0.39, 0.29) is 28.7 Å². The fourth-order valence-corrected chi connectivity index (χ4v) is 3.33. The van der Waals surface area contributed by atoms with Crippen molar-refractivity contribution in [2.24, 2.45) is 4.99 Å². The molecule has 0 saturated heterocycles. The van der Waals surface area contributed by atoms with Crippen LogP contribution in [-0.4, -0.2) is 34.8 Å². The van der Waals surface area contributed by atoms with Crippen molar-refractivity contribution in [3.63, 3.8) is 0 Å². The smallest absolute Gasteiger partial charge is 0.191 e. The van der Waals surface area contributed by atoms with Gasteiger partial charge in [-0.2, -0.15) is 0 Å². The molecule has 0 aliphatic heterocycles. The molecule has 114 valence electrons. The maximum Gasteiger partial charge on any atom is 0.191 e. The number of rotatable bonds is 5. The third kappa shape index (κ3) is 4.21. The monoisotopic (exact) mass is 411 g/mol. The Bertz CT molecular complexity index is 458. The molecule has 5 nitrogen and oxygen atoms in total. The van der Waals surface area contributed by atoms with E-state index in [9.17, 15) is 4.21 Å². The molecule has 1 aliphatic rings. The molecule has 1 aliphatic carbocycles. The number of halogens is 1. The molecule has 20 heavy (non-hydrogen) atoms. The molecule has 1 atom stereocenters. The van der Waals surface area contributed by atoms with Crippen LogP contribution >= 0.6 is 24.0 Å². The highest BCUT2D eigenvalue weighted by Crippen LogP contribution is 2.36. The van der Waals surface area contributed by atoms with E-state index >= 15 is 0 Å². The van der Waals surface area contributed by atoms with Crippen LogP contribution < -0.4 is 10.6 Å². The van der Waals surface area contributed by atoms with Crippen LogP contribution in [0.4, 0.5) is 0 Å². The molecule has 0 spiro atoms. The Hall–Kier alpha value is -0.570. The molecule has 7 heteroatoms. The number of furan rings is 1. The summed E-state index contributed by atoms with van der Waals surface area (Å²) in [6.07, 6.45) is 6.66. The lowest BCUT2D eigenvalue weighted by atomic mass is 9.84. The van der Waals surface area contributed by atoms with E-state index in [1.54, 1.807) is 19.6 Å². The number of aliphatic imine (C=N–C) groups is 1. The minimum atomic E-state index is -0.798. The molecule has 2 N–H and O–H groups in total. The number of hydrogen-bond donors (Lipinski definition) is 2. The zero-order chi connectivity index (χ0) is 13.7. The Morgan fingerprint density at radius 2 is 2.25 bits per heavy atom. The first-order valence-corrected chi connectivity index (χ1v) is 8.02. The summed E-state index contributed by atoms with van der Waals surface area (Å²) in [5.41, 5.74) is 0. The van der Waals surface area contributed by atoms with Crippen LogP contribution in [0.3, 0.4) is 0 Å². The molecular formula is C13H22IN3O2S. The predicted molar refractivity (Wildman–Crippen MR) is 93.0 cm³/mol. The summed E-state index contributed by atoms with van der Waals surface area (Å²) in [6, 6.07) is 3.77. The number of nitrogens with one attached hydrogen (secondary N) is 2. The Kier molecular flexibility index (Phi) is 7.01. The fourth-order valence-electron chi connectivity index (χ4n) is 2.19. The van der Waals surface area contributed by atoms with Crippen LogP contribution in [-0.2, 0) is 17.3 Å². The molecule has 0 amide bonds. The molecule has 1 aromatic rings. The van der Waals surface area contributed by atoms with Gasteiger partial charge in [-0.1, -0.05) is 6.42 Å². The van der Waals surface area contributed by atoms with Crippen molar-refractivity contribution in [2.75, 3.05) is 19.8 Å². The van der Waals surface area contributed by atoms with Gasteiger partial charge in [0.05, 0.1) is 17.6 Å². The third-order valence-electron chi connectivity index (χ3n) is 3.69. The van der Waals surface area contributed by atoms with Crippen molar-refractivity contribution in [1.29, 1.82) is 0 Å². The Balaban J connectivity index is 0.00000200. The van der Waals surface area contributed by atoms with E-state index in [1.165, 1.54) is 6.42 Å². The Labute approximate surface area is 139 Å². The standard InChI is InChI=1S/C13H21N3O2S.HI/c1-14-12(15-9-11-5-3-8-18-11)16-10-13(19(2)17)6-4-7-13;/h3,5,8H,4,6-7,9-10H2,1-2H3,(H2,14,15,16);1H. The summed E-state index contributed by atoms with van der Waals surface area (Å²) < 4.78 is 17.0. The number of nitrogens with zero attached hydrogens (tertiary/aromatic N) is 1. The summed E-state index contributed by atoms with van der Waals surface area (Å²) in [4.78, 5) is 4.16. The van der Waals surface area contributed by atoms with Gasteiger partial charge < -0.3 is 15.1 Å². The highest BCUT2D eigenvalue weighted by Gasteiger charge is 2.40. The maximum atomic E-state index is 11.8. The average molecular weight is 411 g/mol. The quantitative estimate of drug-likeness (QED) is 0.441. The third-order valence-corrected chi connectivity index (χ3v) is 5.46. The molecule has 1 unspecified atom stereocenters. The molecule has 2 rings (SSSR count). The van der Waals surface area contributed by atoms with Crippen LogP contribution in [0.15, 0.2) is 27.8 Å².